The molecule has 4 aromatic rings. The van der Waals surface area contributed by atoms with E-state index in [-0.39, 0.29) is 17.6 Å². The summed E-state index contributed by atoms with van der Waals surface area (Å²) in [6.07, 6.45) is 4.07. The number of ether oxygens (including phenoxy) is 3. The van der Waals surface area contributed by atoms with E-state index in [0.717, 1.165) is 5.56 Å². The number of sulfonamides is 1. The van der Waals surface area contributed by atoms with Crippen LogP contribution in [-0.2, 0) is 21.3 Å². The second-order valence-electron chi connectivity index (χ2n) is 8.38. The third-order valence-electron chi connectivity index (χ3n) is 5.94. The van der Waals surface area contributed by atoms with Gasteiger partial charge in [-0.05, 0) is 44.5 Å². The fourth-order valence-electron chi connectivity index (χ4n) is 3.88. The van der Waals surface area contributed by atoms with Gasteiger partial charge in [-0.1, -0.05) is 6.07 Å². The zero-order valence-electron chi connectivity index (χ0n) is 22.0. The Labute approximate surface area is 220 Å². The molecule has 0 bridgehead atoms. The Morgan fingerprint density at radius 1 is 1.03 bits per heavy atom. The molecule has 1 N–H and O–H groups in total. The van der Waals surface area contributed by atoms with E-state index in [1.807, 2.05) is 13.8 Å². The third-order valence-corrected chi connectivity index (χ3v) is 7.63. The van der Waals surface area contributed by atoms with E-state index in [2.05, 4.69) is 30.0 Å². The summed E-state index contributed by atoms with van der Waals surface area (Å²) in [4.78, 5) is 8.50. The molecule has 0 fully saturated rings. The molecule has 38 heavy (non-hydrogen) atoms. The van der Waals surface area contributed by atoms with Crippen LogP contribution in [0.2, 0.25) is 0 Å². The van der Waals surface area contributed by atoms with Crippen LogP contribution >= 0.6 is 0 Å². The molecule has 0 aliphatic carbocycles. The highest BCUT2D eigenvalue weighted by Gasteiger charge is 2.35. The molecule has 0 unspecified atom stereocenters. The molecule has 3 heterocycles. The van der Waals surface area contributed by atoms with Crippen molar-refractivity contribution in [3.05, 3.63) is 54.2 Å². The molecule has 14 heteroatoms. The number of aromatic nitrogens is 7. The molecule has 0 aliphatic rings. The fraction of sp³-hybridized carbons (Fsp3) is 0.375. The predicted octanol–water partition coefficient (Wildman–Crippen LogP) is 2.78. The van der Waals surface area contributed by atoms with Crippen molar-refractivity contribution in [1.82, 2.24) is 34.5 Å². The van der Waals surface area contributed by atoms with Crippen molar-refractivity contribution in [2.45, 2.75) is 38.7 Å². The molecule has 3 aromatic heterocycles. The molecule has 0 amide bonds. The lowest BCUT2D eigenvalue weighted by Crippen LogP contribution is -2.33. The minimum Gasteiger partial charge on any atom is -0.494 e. The quantitative estimate of drug-likeness (QED) is 0.300. The van der Waals surface area contributed by atoms with Crippen LogP contribution in [0.15, 0.2) is 42.9 Å². The van der Waals surface area contributed by atoms with Gasteiger partial charge in [0.15, 0.2) is 11.6 Å². The van der Waals surface area contributed by atoms with Crippen molar-refractivity contribution in [3.8, 4) is 28.7 Å². The van der Waals surface area contributed by atoms with Crippen molar-refractivity contribution < 1.29 is 22.6 Å². The number of rotatable bonds is 11. The van der Waals surface area contributed by atoms with Crippen molar-refractivity contribution in [3.63, 3.8) is 0 Å². The molecular weight excluding hydrogens is 512 g/mol. The number of para-hydroxylation sites is 1. The molecule has 0 spiro atoms. The van der Waals surface area contributed by atoms with Gasteiger partial charge < -0.3 is 14.2 Å². The minimum absolute atomic E-state index is 0.0830. The lowest BCUT2D eigenvalue weighted by Gasteiger charge is -2.22. The van der Waals surface area contributed by atoms with Crippen LogP contribution in [0.4, 0.5) is 5.95 Å². The van der Waals surface area contributed by atoms with Crippen LogP contribution < -0.4 is 14.2 Å². The van der Waals surface area contributed by atoms with Gasteiger partial charge in [-0.3, -0.25) is 14.0 Å². The molecule has 0 radical (unpaired) electrons. The summed E-state index contributed by atoms with van der Waals surface area (Å²) in [6.45, 7) is 5.94. The summed E-state index contributed by atoms with van der Waals surface area (Å²) < 4.78 is 49.7. The number of methoxy groups -OCH3 is 3. The van der Waals surface area contributed by atoms with Gasteiger partial charge in [-0.15, -0.1) is 10.2 Å². The smallest absolute Gasteiger partial charge is 0.243 e. The van der Waals surface area contributed by atoms with Crippen LogP contribution in [0, 0.1) is 6.92 Å². The molecule has 0 saturated heterocycles. The molecule has 202 valence electrons. The largest absolute Gasteiger partial charge is 0.494 e. The summed E-state index contributed by atoms with van der Waals surface area (Å²) in [5.74, 6) is 1.28. The van der Waals surface area contributed by atoms with Gasteiger partial charge in [0, 0.05) is 32.2 Å². The maximum atomic E-state index is 13.6. The lowest BCUT2D eigenvalue weighted by atomic mass is 10.2. The first-order valence-corrected chi connectivity index (χ1v) is 13.3. The van der Waals surface area contributed by atoms with Crippen LogP contribution in [0.25, 0.3) is 17.2 Å². The maximum Gasteiger partial charge on any atom is 0.243 e. The van der Waals surface area contributed by atoms with Crippen LogP contribution in [0.1, 0.15) is 31.3 Å². The van der Waals surface area contributed by atoms with Crippen LogP contribution in [0.5, 0.6) is 11.5 Å². The Morgan fingerprint density at radius 3 is 2.24 bits per heavy atom. The Kier molecular flexibility index (Phi) is 7.92. The SMILES string of the molecule is CCn1ccc(-c2nnc(NS(=O)(=O)[C@@H](C)[C@H](OC)c3ncc(C)cn3)n2-c2c(OC)cccc2OC)n1. The zero-order chi connectivity index (χ0) is 27.4. The third kappa shape index (κ3) is 5.17. The summed E-state index contributed by atoms with van der Waals surface area (Å²) in [7, 11) is 0.310. The summed E-state index contributed by atoms with van der Waals surface area (Å²) in [5, 5.41) is 11.9. The monoisotopic (exact) mass is 542 g/mol. The molecular formula is C24H30N8O5S. The van der Waals surface area contributed by atoms with E-state index in [4.69, 9.17) is 14.2 Å². The molecule has 2 atom stereocenters. The molecule has 1 aromatic carbocycles. The summed E-state index contributed by atoms with van der Waals surface area (Å²) in [6, 6.07) is 6.97. The average molecular weight is 543 g/mol. The second kappa shape index (κ2) is 11.1. The summed E-state index contributed by atoms with van der Waals surface area (Å²) in [5.41, 5.74) is 1.72. The van der Waals surface area contributed by atoms with E-state index in [1.54, 1.807) is 47.5 Å². The van der Waals surface area contributed by atoms with E-state index in [9.17, 15) is 8.42 Å². The maximum absolute atomic E-state index is 13.6. The van der Waals surface area contributed by atoms with Gasteiger partial charge in [0.25, 0.3) is 0 Å². The Bertz CT molecular complexity index is 1480. The van der Waals surface area contributed by atoms with Crippen molar-refractivity contribution >= 4 is 16.0 Å². The van der Waals surface area contributed by atoms with Crippen LogP contribution in [-0.4, -0.2) is 69.5 Å². The number of hydrogen-bond acceptors (Lipinski definition) is 10. The highest BCUT2D eigenvalue weighted by atomic mass is 32.2. The van der Waals surface area contributed by atoms with E-state index >= 15 is 0 Å². The van der Waals surface area contributed by atoms with Crippen LogP contribution in [0.3, 0.4) is 0 Å². The normalized spacial score (nSPS) is 13.2. The van der Waals surface area contributed by atoms with Crippen molar-refractivity contribution in [2.24, 2.45) is 0 Å². The van der Waals surface area contributed by atoms with Crippen molar-refractivity contribution in [1.29, 1.82) is 0 Å². The highest BCUT2D eigenvalue weighted by Crippen LogP contribution is 2.37. The first kappa shape index (κ1) is 27.0. The summed E-state index contributed by atoms with van der Waals surface area (Å²) >= 11 is 0. The molecule has 4 rings (SSSR count). The first-order valence-electron chi connectivity index (χ1n) is 11.8. The Morgan fingerprint density at radius 2 is 1.68 bits per heavy atom. The van der Waals surface area contributed by atoms with E-state index in [0.29, 0.717) is 29.4 Å². The molecule has 0 saturated carbocycles. The van der Waals surface area contributed by atoms with Crippen molar-refractivity contribution in [2.75, 3.05) is 26.1 Å². The number of nitrogens with zero attached hydrogens (tertiary/aromatic N) is 7. The number of benzene rings is 1. The van der Waals surface area contributed by atoms with Gasteiger partial charge in [0.05, 0.1) is 14.2 Å². The van der Waals surface area contributed by atoms with Gasteiger partial charge in [-0.2, -0.15) is 5.10 Å². The Hall–Kier alpha value is -4.04. The van der Waals surface area contributed by atoms with Gasteiger partial charge in [-0.25, -0.2) is 18.4 Å². The Balaban J connectivity index is 1.83. The van der Waals surface area contributed by atoms with Gasteiger partial charge >= 0.3 is 0 Å². The predicted molar refractivity (Wildman–Crippen MR) is 140 cm³/mol. The average Bonchev–Trinajstić information content (AvgIpc) is 3.56. The number of nitrogens with one attached hydrogen (secondary N) is 1. The van der Waals surface area contributed by atoms with Gasteiger partial charge in [0.1, 0.15) is 34.2 Å². The highest BCUT2D eigenvalue weighted by molar-refractivity contribution is 7.93. The van der Waals surface area contributed by atoms with E-state index < -0.39 is 21.4 Å². The topological polar surface area (TPSA) is 148 Å². The standard InChI is InChI=1S/C24H30N8O5S/c1-7-31-12-11-17(29-31)23-27-28-24(32(23)20-18(35-4)9-8-10-19(20)36-5)30-38(33,34)16(3)21(37-6)22-25-13-15(2)14-26-22/h8-14,16,21H,7H2,1-6H3,(H,28,30)/t16-,21-/m0/s1. The second-order valence-corrected chi connectivity index (χ2v) is 10.4. The number of aryl methyl sites for hydroxylation is 2. The lowest BCUT2D eigenvalue weighted by molar-refractivity contribution is 0.0949. The fourth-order valence-corrected chi connectivity index (χ4v) is 5.01. The number of anilines is 1. The number of hydrogen-bond donors (Lipinski definition) is 1. The van der Waals surface area contributed by atoms with E-state index in [1.165, 1.54) is 32.8 Å². The minimum atomic E-state index is -4.11. The van der Waals surface area contributed by atoms with Gasteiger partial charge in [0.2, 0.25) is 16.0 Å². The first-order chi connectivity index (χ1) is 18.2. The molecule has 0 aliphatic heterocycles. The molecule has 13 nitrogen and oxygen atoms in total. The zero-order valence-corrected chi connectivity index (χ0v) is 22.8.